The molecule has 0 aliphatic carbocycles. The number of carbonyl (C=O) groups is 2. The maximum atomic E-state index is 13.1. The number of hydrogen-bond acceptors (Lipinski definition) is 6. The zero-order chi connectivity index (χ0) is 19.6. The minimum atomic E-state index is -0.527. The van der Waals surface area contributed by atoms with Crippen molar-refractivity contribution in [3.63, 3.8) is 0 Å². The van der Waals surface area contributed by atoms with E-state index in [1.54, 1.807) is 25.1 Å². The summed E-state index contributed by atoms with van der Waals surface area (Å²) in [5.41, 5.74) is 1.78. The molecule has 0 atom stereocenters. The standard InChI is InChI=1S/C19H16N2O5S/c1-12-4-2-3-5-15(12)20-18(23)16(17(19(20)24)27-11-10-22)13-6-8-14(9-7-13)21(25)26/h2-9,22H,10-11H2,1H3. The summed E-state index contributed by atoms with van der Waals surface area (Å²) in [5.74, 6) is -0.684. The number of amides is 2. The van der Waals surface area contributed by atoms with Gasteiger partial charge in [-0.05, 0) is 36.2 Å². The third kappa shape index (κ3) is 3.49. The molecule has 0 saturated carbocycles. The molecule has 0 unspecified atom stereocenters. The number of aliphatic hydroxyl groups excluding tert-OH is 1. The van der Waals surface area contributed by atoms with E-state index in [9.17, 15) is 19.7 Å². The largest absolute Gasteiger partial charge is 0.396 e. The van der Waals surface area contributed by atoms with Crippen LogP contribution in [0.1, 0.15) is 11.1 Å². The van der Waals surface area contributed by atoms with E-state index in [4.69, 9.17) is 5.11 Å². The molecule has 0 fully saturated rings. The van der Waals surface area contributed by atoms with Crippen LogP contribution in [0.4, 0.5) is 11.4 Å². The molecule has 0 saturated heterocycles. The molecule has 27 heavy (non-hydrogen) atoms. The molecule has 0 aromatic heterocycles. The first-order valence-corrected chi connectivity index (χ1v) is 9.11. The Kier molecular flexibility index (Phi) is 5.38. The van der Waals surface area contributed by atoms with Crippen molar-refractivity contribution >= 4 is 40.5 Å². The van der Waals surface area contributed by atoms with Gasteiger partial charge in [0.1, 0.15) is 0 Å². The Labute approximate surface area is 159 Å². The number of para-hydroxylation sites is 1. The molecule has 2 amide bonds. The number of aliphatic hydroxyl groups is 1. The lowest BCUT2D eigenvalue weighted by atomic mass is 10.1. The maximum Gasteiger partial charge on any atom is 0.272 e. The van der Waals surface area contributed by atoms with Crippen LogP contribution in [0.15, 0.2) is 53.4 Å². The van der Waals surface area contributed by atoms with Gasteiger partial charge in [-0.1, -0.05) is 18.2 Å². The molecule has 7 nitrogen and oxygen atoms in total. The molecule has 1 N–H and O–H groups in total. The highest BCUT2D eigenvalue weighted by Crippen LogP contribution is 2.39. The van der Waals surface area contributed by atoms with E-state index in [-0.39, 0.29) is 28.5 Å². The highest BCUT2D eigenvalue weighted by Gasteiger charge is 2.40. The number of rotatable bonds is 6. The fourth-order valence-corrected chi connectivity index (χ4v) is 3.69. The van der Waals surface area contributed by atoms with E-state index in [0.717, 1.165) is 22.2 Å². The second-order valence-corrected chi connectivity index (χ2v) is 6.92. The minimum absolute atomic E-state index is 0.101. The first kappa shape index (κ1) is 18.8. The van der Waals surface area contributed by atoms with Crippen molar-refractivity contribution in [2.75, 3.05) is 17.3 Å². The lowest BCUT2D eigenvalue weighted by Gasteiger charge is -2.17. The third-order valence-electron chi connectivity index (χ3n) is 4.10. The van der Waals surface area contributed by atoms with Gasteiger partial charge in [-0.15, -0.1) is 11.8 Å². The molecular weight excluding hydrogens is 368 g/mol. The molecule has 0 spiro atoms. The van der Waals surface area contributed by atoms with Crippen LogP contribution in [-0.4, -0.2) is 34.2 Å². The van der Waals surface area contributed by atoms with Gasteiger partial charge in [0.25, 0.3) is 17.5 Å². The average molecular weight is 384 g/mol. The molecule has 3 rings (SSSR count). The van der Waals surface area contributed by atoms with Crippen LogP contribution in [0.3, 0.4) is 0 Å². The highest BCUT2D eigenvalue weighted by molar-refractivity contribution is 8.04. The van der Waals surface area contributed by atoms with Gasteiger partial charge < -0.3 is 5.11 Å². The summed E-state index contributed by atoms with van der Waals surface area (Å²) in [6.45, 7) is 1.66. The molecule has 1 aliphatic heterocycles. The molecule has 138 valence electrons. The average Bonchev–Trinajstić information content (AvgIpc) is 2.90. The predicted octanol–water partition coefficient (Wildman–Crippen LogP) is 2.91. The van der Waals surface area contributed by atoms with Crippen LogP contribution in [0.5, 0.6) is 0 Å². The van der Waals surface area contributed by atoms with Gasteiger partial charge in [0, 0.05) is 17.9 Å². The Morgan fingerprint density at radius 3 is 2.33 bits per heavy atom. The minimum Gasteiger partial charge on any atom is -0.396 e. The fraction of sp³-hybridized carbons (Fsp3) is 0.158. The lowest BCUT2D eigenvalue weighted by Crippen LogP contribution is -2.31. The molecule has 1 aliphatic rings. The molecule has 1 heterocycles. The van der Waals surface area contributed by atoms with E-state index < -0.39 is 16.7 Å². The first-order chi connectivity index (χ1) is 13.0. The van der Waals surface area contributed by atoms with Crippen LogP contribution >= 0.6 is 11.8 Å². The van der Waals surface area contributed by atoms with E-state index >= 15 is 0 Å². The van der Waals surface area contributed by atoms with Gasteiger partial charge in [-0.25, -0.2) is 4.90 Å². The van der Waals surface area contributed by atoms with Crippen molar-refractivity contribution in [1.29, 1.82) is 0 Å². The summed E-state index contributed by atoms with van der Waals surface area (Å²) in [4.78, 5) is 37.7. The molecule has 8 heteroatoms. The van der Waals surface area contributed by atoms with Crippen molar-refractivity contribution in [2.45, 2.75) is 6.92 Å². The second kappa shape index (κ2) is 7.73. The topological polar surface area (TPSA) is 101 Å². The van der Waals surface area contributed by atoms with Crippen molar-refractivity contribution in [1.82, 2.24) is 0 Å². The molecule has 2 aromatic carbocycles. The predicted molar refractivity (Wildman–Crippen MR) is 103 cm³/mol. The van der Waals surface area contributed by atoms with Crippen molar-refractivity contribution in [3.05, 3.63) is 74.7 Å². The first-order valence-electron chi connectivity index (χ1n) is 8.13. The van der Waals surface area contributed by atoms with E-state index in [2.05, 4.69) is 0 Å². The number of benzene rings is 2. The number of thioether (sulfide) groups is 1. The van der Waals surface area contributed by atoms with Gasteiger partial charge in [-0.2, -0.15) is 0 Å². The number of aryl methyl sites for hydroxylation is 1. The summed E-state index contributed by atoms with van der Waals surface area (Å²) in [6, 6.07) is 12.6. The number of anilines is 1. The normalized spacial score (nSPS) is 14.2. The Hall–Kier alpha value is -2.97. The smallest absolute Gasteiger partial charge is 0.272 e. The van der Waals surface area contributed by atoms with E-state index in [1.165, 1.54) is 24.3 Å². The van der Waals surface area contributed by atoms with Crippen LogP contribution in [-0.2, 0) is 9.59 Å². The Balaban J connectivity index is 2.08. The van der Waals surface area contributed by atoms with Gasteiger partial charge in [0.15, 0.2) is 0 Å². The monoisotopic (exact) mass is 384 g/mol. The maximum absolute atomic E-state index is 13.1. The van der Waals surface area contributed by atoms with Gasteiger partial charge in [0.05, 0.1) is 27.7 Å². The van der Waals surface area contributed by atoms with E-state index in [0.29, 0.717) is 11.3 Å². The number of imide groups is 1. The quantitative estimate of drug-likeness (QED) is 0.467. The third-order valence-corrected chi connectivity index (χ3v) is 5.16. The van der Waals surface area contributed by atoms with Crippen molar-refractivity contribution < 1.29 is 19.6 Å². The Morgan fingerprint density at radius 1 is 1.07 bits per heavy atom. The molecular formula is C19H16N2O5S. The van der Waals surface area contributed by atoms with E-state index in [1.807, 2.05) is 6.07 Å². The van der Waals surface area contributed by atoms with Gasteiger partial charge in [0.2, 0.25) is 0 Å². The molecule has 0 bridgehead atoms. The van der Waals surface area contributed by atoms with Crippen LogP contribution in [0.25, 0.3) is 5.57 Å². The number of non-ortho nitro benzene ring substituents is 1. The lowest BCUT2D eigenvalue weighted by molar-refractivity contribution is -0.384. The second-order valence-electron chi connectivity index (χ2n) is 5.81. The van der Waals surface area contributed by atoms with Crippen molar-refractivity contribution in [3.8, 4) is 0 Å². The van der Waals surface area contributed by atoms with Crippen LogP contribution < -0.4 is 4.90 Å². The number of carbonyl (C=O) groups excluding carboxylic acids is 2. The number of nitro groups is 1. The summed E-state index contributed by atoms with van der Waals surface area (Å²) in [7, 11) is 0. The Bertz CT molecular complexity index is 953. The number of nitro benzene ring substituents is 1. The summed E-state index contributed by atoms with van der Waals surface area (Å²) >= 11 is 1.10. The van der Waals surface area contributed by atoms with Crippen molar-refractivity contribution in [2.24, 2.45) is 0 Å². The van der Waals surface area contributed by atoms with Crippen LogP contribution in [0, 0.1) is 17.0 Å². The molecule has 2 aromatic rings. The SMILES string of the molecule is Cc1ccccc1N1C(=O)C(SCCO)=C(c2ccc([N+](=O)[O-])cc2)C1=O. The summed E-state index contributed by atoms with van der Waals surface area (Å²) in [5, 5.41) is 20.0. The van der Waals surface area contributed by atoms with Gasteiger partial charge in [-0.3, -0.25) is 19.7 Å². The fourth-order valence-electron chi connectivity index (χ4n) is 2.83. The van der Waals surface area contributed by atoms with Gasteiger partial charge >= 0.3 is 0 Å². The highest BCUT2D eigenvalue weighted by atomic mass is 32.2. The zero-order valence-electron chi connectivity index (χ0n) is 14.4. The zero-order valence-corrected chi connectivity index (χ0v) is 15.2. The summed E-state index contributed by atoms with van der Waals surface area (Å²) < 4.78 is 0. The molecule has 0 radical (unpaired) electrons. The Morgan fingerprint density at radius 2 is 1.74 bits per heavy atom. The summed E-state index contributed by atoms with van der Waals surface area (Å²) in [6.07, 6.45) is 0. The van der Waals surface area contributed by atoms with Crippen LogP contribution in [0.2, 0.25) is 0 Å². The number of nitrogens with zero attached hydrogens (tertiary/aromatic N) is 2. The number of hydrogen-bond donors (Lipinski definition) is 1.